The second kappa shape index (κ2) is 8.72. The summed E-state index contributed by atoms with van der Waals surface area (Å²) in [4.78, 5) is 15.6. The van der Waals surface area contributed by atoms with Crippen LogP contribution in [0.2, 0.25) is 0 Å². The first-order valence-electron chi connectivity index (χ1n) is 10.9. The molecule has 1 aliphatic rings. The SMILES string of the molecule is CC(C)Nc1cc(-c2ccc3cc(C#N)cnn23)ncc1-c1nnc(C2CC(OC(N)=O)C2)s1. The molecule has 0 aromatic carbocycles. The molecule has 4 heterocycles. The zero-order valence-electron chi connectivity index (χ0n) is 18.6. The number of anilines is 1. The van der Waals surface area contributed by atoms with E-state index in [2.05, 4.69) is 40.5 Å². The summed E-state index contributed by atoms with van der Waals surface area (Å²) in [5.74, 6) is 0.209. The van der Waals surface area contributed by atoms with E-state index in [0.29, 0.717) is 18.4 Å². The van der Waals surface area contributed by atoms with Gasteiger partial charge in [-0.15, -0.1) is 10.2 Å². The van der Waals surface area contributed by atoms with Crippen molar-refractivity contribution in [3.63, 3.8) is 0 Å². The molecule has 0 aliphatic heterocycles. The van der Waals surface area contributed by atoms with Crippen molar-refractivity contribution in [2.45, 2.75) is 44.8 Å². The third kappa shape index (κ3) is 4.15. The molecule has 1 amide bonds. The van der Waals surface area contributed by atoms with Crippen LogP contribution in [0.15, 0.2) is 36.7 Å². The first-order chi connectivity index (χ1) is 16.4. The summed E-state index contributed by atoms with van der Waals surface area (Å²) in [5.41, 5.74) is 9.77. The summed E-state index contributed by atoms with van der Waals surface area (Å²) in [7, 11) is 0. The van der Waals surface area contributed by atoms with Gasteiger partial charge < -0.3 is 15.8 Å². The van der Waals surface area contributed by atoms with Crippen LogP contribution in [0.25, 0.3) is 27.5 Å². The number of amides is 1. The molecule has 10 nitrogen and oxygen atoms in total. The summed E-state index contributed by atoms with van der Waals surface area (Å²) in [6, 6.07) is 9.94. The number of hydrogen-bond acceptors (Lipinski definition) is 9. The van der Waals surface area contributed by atoms with Crippen LogP contribution in [-0.4, -0.2) is 43.0 Å². The number of nitrogens with two attached hydrogens (primary N) is 1. The molecule has 0 radical (unpaired) electrons. The maximum Gasteiger partial charge on any atom is 0.404 e. The number of nitrogens with one attached hydrogen (secondary N) is 1. The number of pyridine rings is 1. The van der Waals surface area contributed by atoms with Crippen LogP contribution in [0.1, 0.15) is 43.2 Å². The highest BCUT2D eigenvalue weighted by Crippen LogP contribution is 2.42. The van der Waals surface area contributed by atoms with Gasteiger partial charge in [-0.05, 0) is 51.0 Å². The highest BCUT2D eigenvalue weighted by atomic mass is 32.1. The molecule has 1 saturated carbocycles. The summed E-state index contributed by atoms with van der Waals surface area (Å²) in [6.07, 6.45) is 3.85. The Kier molecular flexibility index (Phi) is 5.59. The number of fused-ring (bicyclic) bond motifs is 1. The predicted molar refractivity (Wildman–Crippen MR) is 127 cm³/mol. The van der Waals surface area contributed by atoms with E-state index in [4.69, 9.17) is 20.7 Å². The van der Waals surface area contributed by atoms with Gasteiger partial charge in [0.05, 0.1) is 34.2 Å². The van der Waals surface area contributed by atoms with Gasteiger partial charge in [0.15, 0.2) is 5.01 Å². The number of nitrogens with zero attached hydrogens (tertiary/aromatic N) is 6. The van der Waals surface area contributed by atoms with Gasteiger partial charge in [0.1, 0.15) is 17.2 Å². The van der Waals surface area contributed by atoms with Crippen molar-refractivity contribution in [1.29, 1.82) is 5.26 Å². The van der Waals surface area contributed by atoms with E-state index in [1.807, 2.05) is 18.2 Å². The highest BCUT2D eigenvalue weighted by Gasteiger charge is 2.35. The Hall–Kier alpha value is -4.04. The third-order valence-electron chi connectivity index (χ3n) is 5.64. The number of hydrogen-bond donors (Lipinski definition) is 2. The molecular weight excluding hydrogens is 452 g/mol. The van der Waals surface area contributed by atoms with Crippen LogP contribution in [0.5, 0.6) is 0 Å². The van der Waals surface area contributed by atoms with Gasteiger partial charge >= 0.3 is 6.09 Å². The number of ether oxygens (including phenoxy) is 1. The lowest BCUT2D eigenvalue weighted by Crippen LogP contribution is -2.33. The molecule has 34 heavy (non-hydrogen) atoms. The summed E-state index contributed by atoms with van der Waals surface area (Å²) in [5, 5.41) is 27.5. The van der Waals surface area contributed by atoms with E-state index < -0.39 is 6.09 Å². The lowest BCUT2D eigenvalue weighted by molar-refractivity contribution is 0.0452. The normalized spacial score (nSPS) is 17.4. The van der Waals surface area contributed by atoms with E-state index in [0.717, 1.165) is 38.2 Å². The van der Waals surface area contributed by atoms with E-state index >= 15 is 0 Å². The number of carbonyl (C=O) groups is 1. The van der Waals surface area contributed by atoms with Crippen LogP contribution in [0.4, 0.5) is 10.5 Å². The van der Waals surface area contributed by atoms with E-state index in [1.165, 1.54) is 11.3 Å². The van der Waals surface area contributed by atoms with Crippen molar-refractivity contribution in [3.05, 3.63) is 47.2 Å². The van der Waals surface area contributed by atoms with Crippen molar-refractivity contribution in [2.75, 3.05) is 5.32 Å². The standard InChI is InChI=1S/C23H22N8O2S/c1-12(2)28-18-8-19(20-4-3-15-5-13(9-24)10-27-31(15)20)26-11-17(18)22-30-29-21(34-22)14-6-16(7-14)33-23(25)32/h3-5,8,10-12,14,16H,6-7H2,1-2H3,(H2,25,32)(H,26,28). The predicted octanol–water partition coefficient (Wildman–Crippen LogP) is 3.95. The number of carbonyl (C=O) groups excluding carboxylic acids is 1. The second-order valence-electron chi connectivity index (χ2n) is 8.50. The third-order valence-corrected chi connectivity index (χ3v) is 6.76. The Morgan fingerprint density at radius 1 is 1.29 bits per heavy atom. The fourth-order valence-electron chi connectivity index (χ4n) is 3.99. The van der Waals surface area contributed by atoms with Gasteiger partial charge in [0, 0.05) is 23.8 Å². The van der Waals surface area contributed by atoms with Crippen molar-refractivity contribution in [1.82, 2.24) is 24.8 Å². The minimum absolute atomic E-state index is 0.149. The molecular formula is C23H22N8O2S. The number of aromatic nitrogens is 5. The Morgan fingerprint density at radius 3 is 2.85 bits per heavy atom. The van der Waals surface area contributed by atoms with Gasteiger partial charge in [0.25, 0.3) is 0 Å². The van der Waals surface area contributed by atoms with Crippen molar-refractivity contribution in [2.24, 2.45) is 5.73 Å². The average molecular weight is 475 g/mol. The van der Waals surface area contributed by atoms with E-state index in [1.54, 1.807) is 23.0 Å². The molecule has 0 bridgehead atoms. The van der Waals surface area contributed by atoms with Crippen molar-refractivity contribution in [3.8, 4) is 28.0 Å². The molecule has 3 N–H and O–H groups in total. The van der Waals surface area contributed by atoms with E-state index in [9.17, 15) is 4.79 Å². The zero-order valence-corrected chi connectivity index (χ0v) is 19.4. The molecule has 172 valence electrons. The summed E-state index contributed by atoms with van der Waals surface area (Å²) >= 11 is 1.52. The summed E-state index contributed by atoms with van der Waals surface area (Å²) in [6.45, 7) is 4.14. The number of nitriles is 1. The van der Waals surface area contributed by atoms with Crippen LogP contribution in [0.3, 0.4) is 0 Å². The molecule has 4 aromatic rings. The van der Waals surface area contributed by atoms with Gasteiger partial charge in [-0.3, -0.25) is 4.98 Å². The zero-order chi connectivity index (χ0) is 23.8. The largest absolute Gasteiger partial charge is 0.446 e. The van der Waals surface area contributed by atoms with Crippen LogP contribution in [-0.2, 0) is 4.74 Å². The topological polar surface area (TPSA) is 144 Å². The Bertz CT molecular complexity index is 1410. The molecule has 5 rings (SSSR count). The maximum atomic E-state index is 10.9. The minimum Gasteiger partial charge on any atom is -0.446 e. The first kappa shape index (κ1) is 21.8. The summed E-state index contributed by atoms with van der Waals surface area (Å²) < 4.78 is 6.81. The molecule has 0 unspecified atom stereocenters. The molecule has 11 heteroatoms. The van der Waals surface area contributed by atoms with Crippen LogP contribution >= 0.6 is 11.3 Å². The fourth-order valence-corrected chi connectivity index (χ4v) is 4.98. The second-order valence-corrected chi connectivity index (χ2v) is 9.51. The Balaban J connectivity index is 1.45. The van der Waals surface area contributed by atoms with E-state index in [-0.39, 0.29) is 18.1 Å². The van der Waals surface area contributed by atoms with Gasteiger partial charge in [-0.25, -0.2) is 9.31 Å². The number of rotatable bonds is 6. The highest BCUT2D eigenvalue weighted by molar-refractivity contribution is 7.14. The van der Waals surface area contributed by atoms with Crippen molar-refractivity contribution >= 4 is 28.6 Å². The van der Waals surface area contributed by atoms with Gasteiger partial charge in [-0.2, -0.15) is 10.4 Å². The first-order valence-corrected chi connectivity index (χ1v) is 11.7. The molecule has 1 fully saturated rings. The van der Waals surface area contributed by atoms with Gasteiger partial charge in [0.2, 0.25) is 0 Å². The quantitative estimate of drug-likeness (QED) is 0.427. The Morgan fingerprint density at radius 2 is 2.12 bits per heavy atom. The molecule has 0 spiro atoms. The average Bonchev–Trinajstić information content (AvgIpc) is 3.42. The van der Waals surface area contributed by atoms with Crippen molar-refractivity contribution < 1.29 is 9.53 Å². The number of primary amides is 1. The van der Waals surface area contributed by atoms with Crippen LogP contribution < -0.4 is 11.1 Å². The lowest BCUT2D eigenvalue weighted by atomic mass is 9.83. The van der Waals surface area contributed by atoms with Gasteiger partial charge in [-0.1, -0.05) is 11.3 Å². The fraction of sp³-hybridized carbons (Fsp3) is 0.304. The molecule has 0 saturated heterocycles. The molecule has 1 aliphatic carbocycles. The lowest BCUT2D eigenvalue weighted by Gasteiger charge is -2.32. The molecule has 0 atom stereocenters. The minimum atomic E-state index is -0.742. The maximum absolute atomic E-state index is 10.9. The monoisotopic (exact) mass is 474 g/mol. The smallest absolute Gasteiger partial charge is 0.404 e. The van der Waals surface area contributed by atoms with Crippen LogP contribution in [0, 0.1) is 11.3 Å². The Labute approximate surface area is 199 Å². The molecule has 4 aromatic heterocycles.